The number of carboxylic acids is 3. The van der Waals surface area contributed by atoms with E-state index in [4.69, 9.17) is 0 Å². The summed E-state index contributed by atoms with van der Waals surface area (Å²) in [4.78, 5) is 90.5. The van der Waals surface area contributed by atoms with Crippen LogP contribution in [0.5, 0.6) is 0 Å². The summed E-state index contributed by atoms with van der Waals surface area (Å²) in [5.41, 5.74) is 0. The van der Waals surface area contributed by atoms with Gasteiger partial charge in [-0.25, -0.2) is 0 Å². The molecule has 0 heterocycles. The van der Waals surface area contributed by atoms with E-state index in [-0.39, 0.29) is 73.2 Å². The summed E-state index contributed by atoms with van der Waals surface area (Å²) in [5, 5.41) is 29.2. The van der Waals surface area contributed by atoms with E-state index < -0.39 is 35.3 Å². The fourth-order valence-electron chi connectivity index (χ4n) is 1.17. The molecule has 0 aliphatic heterocycles. The van der Waals surface area contributed by atoms with Crippen LogP contribution < -0.4 is 15.3 Å². The Hall–Kier alpha value is -3.04. The quantitative estimate of drug-likeness (QED) is 0.201. The van der Waals surface area contributed by atoms with Crippen molar-refractivity contribution >= 4 is 70.0 Å². The second-order valence-electron chi connectivity index (χ2n) is 5.74. The molecule has 0 radical (unpaired) electrons. The molecule has 0 rings (SSSR count). The fraction of sp³-hybridized carbons (Fsp3) is 0.500. The average molecular weight is 456 g/mol. The van der Waals surface area contributed by atoms with Crippen LogP contribution >= 0.6 is 0 Å². The minimum atomic E-state index is -1.72. The van der Waals surface area contributed by atoms with Crippen LogP contribution in [-0.4, -0.2) is 70.0 Å². The number of carbonyl (C=O) groups excluding carboxylic acids is 9. The minimum Gasteiger partial charge on any atom is -0.542 e. The number of Topliss-reactive ketones (excluding diaryl/α,β-unsaturated/α-hetero) is 6. The molecule has 0 saturated carbocycles. The van der Waals surface area contributed by atoms with Gasteiger partial charge < -0.3 is 44.1 Å². The third-order valence-electron chi connectivity index (χ3n) is 2.80. The molecule has 0 aliphatic carbocycles. The molecule has 0 N–H and O–H groups in total. The van der Waals surface area contributed by atoms with Gasteiger partial charge in [0, 0.05) is 38.5 Å². The van der Waals surface area contributed by atoms with Crippen molar-refractivity contribution in [3.05, 3.63) is 0 Å². The van der Waals surface area contributed by atoms with Crippen LogP contribution in [0.2, 0.25) is 0 Å². The number of ketones is 6. The van der Waals surface area contributed by atoms with Crippen LogP contribution in [0.1, 0.15) is 59.3 Å². The Bertz CT molecular complexity index is 613. The predicted octanol–water partition coefficient (Wildman–Crippen LogP) is -4.36. The van der Waals surface area contributed by atoms with E-state index in [2.05, 4.69) is 0 Å². The maximum Gasteiger partial charge on any atom is 3.00 e. The standard InChI is InChI=1S/3C6H8O4.Al/c3*1-4(7)2-3-5(8)6(9)10;/h3*2-3H2,1H3,(H,9,10);/q;;;+3/p-3. The molecule has 0 atom stereocenters. The molecule has 0 saturated heterocycles. The van der Waals surface area contributed by atoms with E-state index in [1.165, 1.54) is 20.8 Å². The number of carbonyl (C=O) groups is 9. The van der Waals surface area contributed by atoms with Gasteiger partial charge in [0.25, 0.3) is 0 Å². The van der Waals surface area contributed by atoms with E-state index in [9.17, 15) is 58.5 Å². The summed E-state index contributed by atoms with van der Waals surface area (Å²) < 4.78 is 0. The first-order valence-corrected chi connectivity index (χ1v) is 8.32. The van der Waals surface area contributed by atoms with Crippen molar-refractivity contribution in [1.29, 1.82) is 0 Å². The van der Waals surface area contributed by atoms with Crippen molar-refractivity contribution in [2.45, 2.75) is 59.3 Å². The Kier molecular flexibility index (Phi) is 23.1. The molecule has 0 bridgehead atoms. The number of rotatable bonds is 12. The predicted molar refractivity (Wildman–Crippen MR) is 95.5 cm³/mol. The molecule has 168 valence electrons. The van der Waals surface area contributed by atoms with Crippen LogP contribution in [-0.2, 0) is 43.2 Å². The molecule has 31 heavy (non-hydrogen) atoms. The molecular weight excluding hydrogens is 435 g/mol. The van der Waals surface area contributed by atoms with Crippen LogP contribution in [0.15, 0.2) is 0 Å². The second kappa shape index (κ2) is 20.2. The van der Waals surface area contributed by atoms with Gasteiger partial charge in [0.05, 0.1) is 0 Å². The summed E-state index contributed by atoms with van der Waals surface area (Å²) in [7, 11) is 0. The van der Waals surface area contributed by atoms with Gasteiger partial charge in [0.1, 0.15) is 35.3 Å². The van der Waals surface area contributed by atoms with Crippen molar-refractivity contribution in [2.75, 3.05) is 0 Å². The molecule has 0 unspecified atom stereocenters. The summed E-state index contributed by atoms with van der Waals surface area (Å²) in [6, 6.07) is 0. The monoisotopic (exact) mass is 456 g/mol. The largest absolute Gasteiger partial charge is 3.00 e. The van der Waals surface area contributed by atoms with Gasteiger partial charge in [-0.2, -0.15) is 0 Å². The summed E-state index contributed by atoms with van der Waals surface area (Å²) in [6.07, 6.45) is -0.820. The van der Waals surface area contributed by atoms with E-state index in [0.717, 1.165) is 0 Å². The Balaban J connectivity index is -0.000000174. The van der Waals surface area contributed by atoms with E-state index in [0.29, 0.717) is 0 Å². The zero-order chi connectivity index (χ0) is 24.4. The van der Waals surface area contributed by atoms with Gasteiger partial charge in [-0.1, -0.05) is 0 Å². The van der Waals surface area contributed by atoms with Gasteiger partial charge in [0.2, 0.25) is 0 Å². The van der Waals surface area contributed by atoms with Crippen LogP contribution in [0.4, 0.5) is 0 Å². The molecule has 0 amide bonds. The van der Waals surface area contributed by atoms with Gasteiger partial charge in [-0.15, -0.1) is 0 Å². The Morgan fingerprint density at radius 1 is 0.419 bits per heavy atom. The fourth-order valence-corrected chi connectivity index (χ4v) is 1.17. The smallest absolute Gasteiger partial charge is 0.542 e. The SMILES string of the molecule is CC(=O)CCC(=O)C(=O)[O-].CC(=O)CCC(=O)C(=O)[O-].CC(=O)CCC(=O)C(=O)[O-].[Al+3]. The molecule has 0 spiro atoms. The zero-order valence-corrected chi connectivity index (χ0v) is 18.4. The second-order valence-corrected chi connectivity index (χ2v) is 5.74. The zero-order valence-electron chi connectivity index (χ0n) is 17.2. The number of aliphatic carboxylic acids is 3. The molecule has 13 heteroatoms. The molecule has 0 aromatic rings. The first-order chi connectivity index (χ1) is 13.6. The van der Waals surface area contributed by atoms with E-state index >= 15 is 0 Å². The van der Waals surface area contributed by atoms with Gasteiger partial charge >= 0.3 is 17.4 Å². The first-order valence-electron chi connectivity index (χ1n) is 8.32. The topological polar surface area (TPSA) is 223 Å². The third kappa shape index (κ3) is 29.3. The van der Waals surface area contributed by atoms with Crippen molar-refractivity contribution in [1.82, 2.24) is 0 Å². The van der Waals surface area contributed by atoms with Gasteiger partial charge in [-0.05, 0) is 20.8 Å². The summed E-state index contributed by atoms with van der Waals surface area (Å²) in [6.45, 7) is 3.88. The van der Waals surface area contributed by atoms with Crippen molar-refractivity contribution in [3.63, 3.8) is 0 Å². The third-order valence-corrected chi connectivity index (χ3v) is 2.80. The Labute approximate surface area is 188 Å². The number of hydrogen-bond acceptors (Lipinski definition) is 12. The maximum atomic E-state index is 10.2. The van der Waals surface area contributed by atoms with Crippen molar-refractivity contribution < 1.29 is 58.5 Å². The van der Waals surface area contributed by atoms with Crippen LogP contribution in [0.3, 0.4) is 0 Å². The van der Waals surface area contributed by atoms with Crippen LogP contribution in [0.25, 0.3) is 0 Å². The molecule has 12 nitrogen and oxygen atoms in total. The van der Waals surface area contributed by atoms with E-state index in [1.54, 1.807) is 0 Å². The Morgan fingerprint density at radius 2 is 0.581 bits per heavy atom. The van der Waals surface area contributed by atoms with Gasteiger partial charge in [0.15, 0.2) is 17.3 Å². The van der Waals surface area contributed by atoms with Crippen LogP contribution in [0, 0.1) is 0 Å². The molecular formula is C18H21AlO12. The molecule has 0 aliphatic rings. The molecule has 0 aromatic heterocycles. The number of hydrogen-bond donors (Lipinski definition) is 0. The van der Waals surface area contributed by atoms with E-state index in [1.807, 2.05) is 0 Å². The number of carboxylic acid groups (broad SMARTS) is 3. The first kappa shape index (κ1) is 35.4. The molecule has 0 fully saturated rings. The minimum absolute atomic E-state index is 0. The Morgan fingerprint density at radius 3 is 0.677 bits per heavy atom. The van der Waals surface area contributed by atoms with Gasteiger partial charge in [-0.3, -0.25) is 14.4 Å². The normalized spacial score (nSPS) is 8.61. The maximum absolute atomic E-state index is 10.2. The average Bonchev–Trinajstić information content (AvgIpc) is 2.62. The molecule has 0 aromatic carbocycles. The van der Waals surface area contributed by atoms with Crippen molar-refractivity contribution in [3.8, 4) is 0 Å². The van der Waals surface area contributed by atoms with Crippen molar-refractivity contribution in [2.24, 2.45) is 0 Å². The summed E-state index contributed by atoms with van der Waals surface area (Å²) >= 11 is 0. The summed E-state index contributed by atoms with van der Waals surface area (Å²) in [5.74, 6) is -8.82.